The topological polar surface area (TPSA) is 26.8 Å². The highest BCUT2D eigenvalue weighted by Crippen LogP contribution is 2.16. The SMILES string of the molecule is CN1CCN(C2CCN(C=O)CC2)CC1. The summed E-state index contributed by atoms with van der Waals surface area (Å²) < 4.78 is 0. The second kappa shape index (κ2) is 4.94. The molecule has 1 amide bonds. The zero-order valence-electron chi connectivity index (χ0n) is 9.56. The van der Waals surface area contributed by atoms with Crippen LogP contribution in [0.5, 0.6) is 0 Å². The average Bonchev–Trinajstić information content (AvgIpc) is 2.30. The first-order chi connectivity index (χ1) is 7.29. The molecular weight excluding hydrogens is 190 g/mol. The monoisotopic (exact) mass is 211 g/mol. The molecule has 4 heteroatoms. The van der Waals surface area contributed by atoms with Crippen molar-refractivity contribution in [3.8, 4) is 0 Å². The van der Waals surface area contributed by atoms with Gasteiger partial charge in [-0.2, -0.15) is 0 Å². The van der Waals surface area contributed by atoms with E-state index in [9.17, 15) is 4.79 Å². The molecule has 2 aliphatic heterocycles. The van der Waals surface area contributed by atoms with Crippen LogP contribution in [0.25, 0.3) is 0 Å². The smallest absolute Gasteiger partial charge is 0.209 e. The molecule has 0 aromatic heterocycles. The van der Waals surface area contributed by atoms with Gasteiger partial charge in [-0.05, 0) is 19.9 Å². The molecule has 0 radical (unpaired) electrons. The van der Waals surface area contributed by atoms with Crippen LogP contribution in [0, 0.1) is 0 Å². The summed E-state index contributed by atoms with van der Waals surface area (Å²) in [4.78, 5) is 17.5. The van der Waals surface area contributed by atoms with Crippen molar-refractivity contribution in [3.63, 3.8) is 0 Å². The lowest BCUT2D eigenvalue weighted by atomic mass is 10.0. The number of amides is 1. The molecule has 0 aromatic rings. The number of carbonyl (C=O) groups excluding carboxylic acids is 1. The highest BCUT2D eigenvalue weighted by atomic mass is 16.1. The molecular formula is C11H21N3O. The third kappa shape index (κ3) is 2.69. The Morgan fingerprint density at radius 2 is 1.60 bits per heavy atom. The normalized spacial score (nSPS) is 26.9. The fourth-order valence-corrected chi connectivity index (χ4v) is 2.54. The number of hydrogen-bond donors (Lipinski definition) is 0. The molecule has 0 aromatic carbocycles. The maximum Gasteiger partial charge on any atom is 0.209 e. The third-order valence-corrected chi connectivity index (χ3v) is 3.70. The summed E-state index contributed by atoms with van der Waals surface area (Å²) in [5.74, 6) is 0. The van der Waals surface area contributed by atoms with Gasteiger partial charge in [0.05, 0.1) is 0 Å². The Morgan fingerprint density at radius 3 is 2.13 bits per heavy atom. The predicted octanol–water partition coefficient (Wildman–Crippen LogP) is -0.145. The van der Waals surface area contributed by atoms with Crippen molar-refractivity contribution in [1.29, 1.82) is 0 Å². The van der Waals surface area contributed by atoms with Crippen molar-refractivity contribution >= 4 is 6.41 Å². The molecule has 2 fully saturated rings. The van der Waals surface area contributed by atoms with Gasteiger partial charge >= 0.3 is 0 Å². The van der Waals surface area contributed by atoms with E-state index in [4.69, 9.17) is 0 Å². The van der Waals surface area contributed by atoms with Gasteiger partial charge in [0.15, 0.2) is 0 Å². The maximum atomic E-state index is 10.6. The van der Waals surface area contributed by atoms with Gasteiger partial charge < -0.3 is 9.80 Å². The molecule has 2 rings (SSSR count). The lowest BCUT2D eigenvalue weighted by Gasteiger charge is -2.41. The van der Waals surface area contributed by atoms with Gasteiger partial charge in [0.1, 0.15) is 0 Å². The summed E-state index contributed by atoms with van der Waals surface area (Å²) in [6.45, 7) is 6.66. The number of nitrogens with zero attached hydrogens (tertiary/aromatic N) is 3. The van der Waals surface area contributed by atoms with E-state index in [0.717, 1.165) is 38.4 Å². The highest BCUT2D eigenvalue weighted by molar-refractivity contribution is 5.47. The fraction of sp³-hybridized carbons (Fsp3) is 0.909. The van der Waals surface area contributed by atoms with Crippen LogP contribution in [0.15, 0.2) is 0 Å². The largest absolute Gasteiger partial charge is 0.345 e. The van der Waals surface area contributed by atoms with E-state index in [0.29, 0.717) is 0 Å². The second-order valence-electron chi connectivity index (χ2n) is 4.71. The summed E-state index contributed by atoms with van der Waals surface area (Å²) in [6, 6.07) is 0.717. The van der Waals surface area contributed by atoms with Crippen molar-refractivity contribution in [2.75, 3.05) is 46.3 Å². The van der Waals surface area contributed by atoms with Crippen LogP contribution >= 0.6 is 0 Å². The molecule has 0 aliphatic carbocycles. The summed E-state index contributed by atoms with van der Waals surface area (Å²) in [7, 11) is 2.19. The summed E-state index contributed by atoms with van der Waals surface area (Å²) in [6.07, 6.45) is 3.30. The van der Waals surface area contributed by atoms with Crippen molar-refractivity contribution in [2.24, 2.45) is 0 Å². The van der Waals surface area contributed by atoms with E-state index in [1.54, 1.807) is 0 Å². The zero-order valence-corrected chi connectivity index (χ0v) is 9.56. The highest BCUT2D eigenvalue weighted by Gasteiger charge is 2.25. The van der Waals surface area contributed by atoms with Crippen LogP contribution in [0.3, 0.4) is 0 Å². The van der Waals surface area contributed by atoms with Crippen molar-refractivity contribution in [3.05, 3.63) is 0 Å². The molecule has 0 saturated carbocycles. The average molecular weight is 211 g/mol. The van der Waals surface area contributed by atoms with Crippen LogP contribution in [0.1, 0.15) is 12.8 Å². The van der Waals surface area contributed by atoms with E-state index in [1.807, 2.05) is 4.90 Å². The van der Waals surface area contributed by atoms with Gasteiger partial charge in [0, 0.05) is 45.3 Å². The Labute approximate surface area is 91.8 Å². The number of likely N-dealkylation sites (N-methyl/N-ethyl adjacent to an activating group) is 1. The van der Waals surface area contributed by atoms with E-state index in [-0.39, 0.29) is 0 Å². The van der Waals surface area contributed by atoms with Crippen LogP contribution in [0.4, 0.5) is 0 Å². The van der Waals surface area contributed by atoms with E-state index in [2.05, 4.69) is 16.8 Å². The first-order valence-corrected chi connectivity index (χ1v) is 5.91. The number of rotatable bonds is 2. The third-order valence-electron chi connectivity index (χ3n) is 3.70. The van der Waals surface area contributed by atoms with E-state index >= 15 is 0 Å². The maximum absolute atomic E-state index is 10.6. The minimum Gasteiger partial charge on any atom is -0.345 e. The van der Waals surface area contributed by atoms with Crippen LogP contribution in [-0.4, -0.2) is 73.5 Å². The molecule has 15 heavy (non-hydrogen) atoms. The molecule has 0 N–H and O–H groups in total. The van der Waals surface area contributed by atoms with Gasteiger partial charge in [0.2, 0.25) is 6.41 Å². The van der Waals surface area contributed by atoms with Gasteiger partial charge in [-0.3, -0.25) is 9.69 Å². The summed E-state index contributed by atoms with van der Waals surface area (Å²) >= 11 is 0. The minimum absolute atomic E-state index is 0.717. The molecule has 86 valence electrons. The standard InChI is InChI=1S/C11H21N3O/c1-12-6-8-14(9-7-12)11-2-4-13(10-15)5-3-11/h10-11H,2-9H2,1H3. The lowest BCUT2D eigenvalue weighted by Crippen LogP contribution is -2.52. The van der Waals surface area contributed by atoms with E-state index in [1.165, 1.54) is 26.2 Å². The Balaban J connectivity index is 1.78. The van der Waals surface area contributed by atoms with E-state index < -0.39 is 0 Å². The van der Waals surface area contributed by atoms with Crippen LogP contribution in [-0.2, 0) is 4.79 Å². The van der Waals surface area contributed by atoms with Gasteiger partial charge in [-0.25, -0.2) is 0 Å². The van der Waals surface area contributed by atoms with Crippen molar-refractivity contribution in [2.45, 2.75) is 18.9 Å². The number of piperazine rings is 1. The Morgan fingerprint density at radius 1 is 1.00 bits per heavy atom. The Kier molecular flexibility index (Phi) is 3.59. The Hall–Kier alpha value is -0.610. The molecule has 2 saturated heterocycles. The predicted molar refractivity (Wildman–Crippen MR) is 59.7 cm³/mol. The number of hydrogen-bond acceptors (Lipinski definition) is 3. The summed E-state index contributed by atoms with van der Waals surface area (Å²) in [5.41, 5.74) is 0. The summed E-state index contributed by atoms with van der Waals surface area (Å²) in [5, 5.41) is 0. The van der Waals surface area contributed by atoms with Crippen LogP contribution < -0.4 is 0 Å². The first kappa shape index (κ1) is 10.9. The number of likely N-dealkylation sites (tertiary alicyclic amines) is 1. The van der Waals surface area contributed by atoms with Gasteiger partial charge in [-0.1, -0.05) is 0 Å². The molecule has 2 heterocycles. The van der Waals surface area contributed by atoms with Gasteiger partial charge in [0.25, 0.3) is 0 Å². The zero-order chi connectivity index (χ0) is 10.7. The fourth-order valence-electron chi connectivity index (χ4n) is 2.54. The minimum atomic E-state index is 0.717. The van der Waals surface area contributed by atoms with Gasteiger partial charge in [-0.15, -0.1) is 0 Å². The Bertz CT molecular complexity index is 206. The van der Waals surface area contributed by atoms with Crippen molar-refractivity contribution in [1.82, 2.24) is 14.7 Å². The lowest BCUT2D eigenvalue weighted by molar-refractivity contribution is -0.119. The molecule has 0 spiro atoms. The molecule has 2 aliphatic rings. The molecule has 0 unspecified atom stereocenters. The molecule has 0 bridgehead atoms. The molecule has 0 atom stereocenters. The van der Waals surface area contributed by atoms with Crippen LogP contribution in [0.2, 0.25) is 0 Å². The van der Waals surface area contributed by atoms with Crippen molar-refractivity contribution < 1.29 is 4.79 Å². The molecule has 4 nitrogen and oxygen atoms in total. The number of piperidine rings is 1. The second-order valence-corrected chi connectivity index (χ2v) is 4.71. The quantitative estimate of drug-likeness (QED) is 0.595. The number of carbonyl (C=O) groups is 1. The first-order valence-electron chi connectivity index (χ1n) is 5.91.